The second kappa shape index (κ2) is 16.7. The molecule has 6 N–H and O–H groups in total. The summed E-state index contributed by atoms with van der Waals surface area (Å²) >= 11 is 0. The van der Waals surface area contributed by atoms with Crippen molar-refractivity contribution in [2.75, 3.05) is 0 Å². The number of halogens is 6. The molecule has 0 bridgehead atoms. The Bertz CT molecular complexity index is 1630. The van der Waals surface area contributed by atoms with Gasteiger partial charge in [0, 0.05) is 34.9 Å². The molecule has 3 aliphatic heterocycles. The van der Waals surface area contributed by atoms with Crippen LogP contribution < -0.4 is 15.9 Å². The van der Waals surface area contributed by atoms with Gasteiger partial charge in [-0.15, -0.1) is 0 Å². The number of benzene rings is 3. The van der Waals surface area contributed by atoms with E-state index in [-0.39, 0.29) is 52.7 Å². The zero-order chi connectivity index (χ0) is 35.3. The molecule has 6 rings (SSSR count). The van der Waals surface area contributed by atoms with Crippen LogP contribution in [0.1, 0.15) is 38.9 Å². The summed E-state index contributed by atoms with van der Waals surface area (Å²) in [6, 6.07) is 4.38. The molecular weight excluding hydrogens is 745 g/mol. The first kappa shape index (κ1) is 25.7. The van der Waals surface area contributed by atoms with Gasteiger partial charge in [0.25, 0.3) is 0 Å². The van der Waals surface area contributed by atoms with E-state index in [0.29, 0.717) is 0 Å². The van der Waals surface area contributed by atoms with Gasteiger partial charge in [-0.25, -0.2) is 26.3 Å². The number of rotatable bonds is 3. The second-order valence-electron chi connectivity index (χ2n) is 8.70. The SMILES string of the molecule is [2H][NH+]1C=CC=CC1([2H])c1ccc(F)cc1F.[2H][NH+]1C=CC=CC1([2H])c1ccc(F)cc1F.[2H][NH+]1C=CC=CC1([2H])c1ccc(F)cc1F.[Ir+3]. The third kappa shape index (κ3) is 9.88. The largest absolute Gasteiger partial charge is 3.00 e. The molecule has 43 heavy (non-hydrogen) atoms. The van der Waals surface area contributed by atoms with Crippen LogP contribution in [0.3, 0.4) is 0 Å². The second-order valence-corrected chi connectivity index (χ2v) is 8.70. The first-order chi connectivity index (χ1) is 22.6. The van der Waals surface area contributed by atoms with Gasteiger partial charge >= 0.3 is 24.3 Å². The normalized spacial score (nSPS) is 31.8. The Morgan fingerprint density at radius 1 is 0.465 bits per heavy atom. The molecular formula is C33H30F6IrN3+6. The monoisotopic (exact) mass is 781 g/mol. The Morgan fingerprint density at radius 3 is 0.977 bits per heavy atom. The van der Waals surface area contributed by atoms with Gasteiger partial charge in [0.05, 0.1) is 18.6 Å². The van der Waals surface area contributed by atoms with Gasteiger partial charge in [-0.2, -0.15) is 0 Å². The topological polar surface area (TPSA) is 49.8 Å². The van der Waals surface area contributed by atoms with Crippen molar-refractivity contribution in [3.05, 3.63) is 179 Å². The Hall–Kier alpha value is -3.79. The maximum absolute atomic E-state index is 13.5. The molecule has 0 spiro atoms. The minimum Gasteiger partial charge on any atom is -0.310 e. The van der Waals surface area contributed by atoms with Crippen LogP contribution in [0.5, 0.6) is 0 Å². The van der Waals surface area contributed by atoms with Crippen LogP contribution in [0.15, 0.2) is 128 Å². The van der Waals surface area contributed by atoms with Crippen molar-refractivity contribution in [3.63, 3.8) is 0 Å². The van der Waals surface area contributed by atoms with Crippen LogP contribution in [0.2, 0.25) is 4.24 Å². The van der Waals surface area contributed by atoms with Crippen LogP contribution in [0.4, 0.5) is 26.3 Å². The van der Waals surface area contributed by atoms with E-state index < -0.39 is 53.0 Å². The summed E-state index contributed by atoms with van der Waals surface area (Å²) in [6.45, 7) is 0. The Morgan fingerprint density at radius 2 is 0.744 bits per heavy atom. The van der Waals surface area contributed by atoms with E-state index in [1.54, 1.807) is 36.5 Å². The van der Waals surface area contributed by atoms with Crippen LogP contribution >= 0.6 is 0 Å². The van der Waals surface area contributed by atoms with E-state index in [9.17, 15) is 26.3 Å². The van der Waals surface area contributed by atoms with Gasteiger partial charge in [-0.3, -0.25) is 0 Å². The number of hydrogen-bond donors (Lipinski definition) is 3. The summed E-state index contributed by atoms with van der Waals surface area (Å²) in [7, 11) is 0. The van der Waals surface area contributed by atoms with E-state index in [2.05, 4.69) is 0 Å². The minimum atomic E-state index is -1.56. The van der Waals surface area contributed by atoms with Gasteiger partial charge in [0.15, 0.2) is 0 Å². The van der Waals surface area contributed by atoms with E-state index in [1.807, 2.05) is 0 Å². The standard InChI is InChI=1S/3C11H9F2N.Ir/c3*12-8-4-5-9(10(13)7-8)11-3-1-2-6-14-11;/h3*1-7,11,14H;/q;;;+3/p+3/i3*11D;/hD3. The van der Waals surface area contributed by atoms with E-state index in [4.69, 9.17) is 8.35 Å². The van der Waals surface area contributed by atoms with Crippen molar-refractivity contribution in [1.29, 1.82) is 0 Å². The number of quaternary nitrogens is 3. The van der Waals surface area contributed by atoms with E-state index in [1.165, 1.54) is 55.0 Å². The van der Waals surface area contributed by atoms with Crippen LogP contribution in [-0.4, -0.2) is 0 Å². The molecule has 0 fully saturated rings. The summed E-state index contributed by atoms with van der Waals surface area (Å²) in [5.74, 6) is -4.48. The molecule has 0 aromatic heterocycles. The molecule has 3 aliphatic rings. The first-order valence-electron chi connectivity index (χ1n) is 15.6. The predicted octanol–water partition coefficient (Wildman–Crippen LogP) is 4.96. The summed E-state index contributed by atoms with van der Waals surface area (Å²) in [4.78, 5) is 0. The van der Waals surface area contributed by atoms with Gasteiger partial charge in [-0.05, 0) is 72.9 Å². The molecule has 3 aromatic carbocycles. The summed E-state index contributed by atoms with van der Waals surface area (Å²) < 4.78 is 126. The molecule has 3 aromatic rings. The Balaban J connectivity index is 0.000000197. The number of hydrogen-bond acceptors (Lipinski definition) is 0. The third-order valence-electron chi connectivity index (χ3n) is 5.79. The van der Waals surface area contributed by atoms with Gasteiger partial charge < -0.3 is 15.9 Å². The molecule has 222 valence electrons. The predicted molar refractivity (Wildman–Crippen MR) is 148 cm³/mol. The molecule has 10 heteroatoms. The van der Waals surface area contributed by atoms with Gasteiger partial charge in [0.1, 0.15) is 57.1 Å². The molecule has 3 nitrogen and oxygen atoms in total. The van der Waals surface area contributed by atoms with Crippen molar-refractivity contribution >= 4 is 0 Å². The van der Waals surface area contributed by atoms with Gasteiger partial charge in [0.2, 0.25) is 0 Å². The fourth-order valence-electron chi connectivity index (χ4n) is 3.81. The maximum Gasteiger partial charge on any atom is 3.00 e. The van der Waals surface area contributed by atoms with Crippen molar-refractivity contribution in [3.8, 4) is 0 Å². The van der Waals surface area contributed by atoms with E-state index in [0.717, 1.165) is 36.4 Å². The van der Waals surface area contributed by atoms with Crippen molar-refractivity contribution < 1.29 is 70.7 Å². The summed E-state index contributed by atoms with van der Waals surface area (Å²) in [5, 5.41) is -0.124. The van der Waals surface area contributed by atoms with Crippen LogP contribution in [0, 0.1) is 34.9 Å². The average Bonchev–Trinajstić information content (AvgIpc) is 3.02. The zero-order valence-electron chi connectivity index (χ0n) is 28.2. The Kier molecular flexibility index (Phi) is 10.0. The average molecular weight is 781 g/mol. The maximum atomic E-state index is 13.5. The zero-order valence-corrected chi connectivity index (χ0v) is 24.6. The molecule has 0 amide bonds. The van der Waals surface area contributed by atoms with Crippen molar-refractivity contribution in [1.82, 2.24) is 0 Å². The molecule has 6 unspecified atom stereocenters. The first-order valence-corrected chi connectivity index (χ1v) is 12.6. The summed E-state index contributed by atoms with van der Waals surface area (Å²) in [5.41, 5.74) is -0.0431. The minimum absolute atomic E-state index is 0. The molecule has 0 radical (unpaired) electrons. The van der Waals surface area contributed by atoms with Crippen LogP contribution in [-0.2, 0) is 20.1 Å². The Labute approximate surface area is 268 Å². The van der Waals surface area contributed by atoms with Crippen molar-refractivity contribution in [2.45, 2.75) is 18.1 Å². The smallest absolute Gasteiger partial charge is 0.310 e. The quantitative estimate of drug-likeness (QED) is 0.316. The fraction of sp³-hybridized carbons (Fsp3) is 0.0909. The summed E-state index contributed by atoms with van der Waals surface area (Å²) in [6.07, 6.45) is 18.1. The molecule has 6 atom stereocenters. The third-order valence-corrected chi connectivity index (χ3v) is 5.79. The fourth-order valence-corrected chi connectivity index (χ4v) is 3.81. The molecule has 0 saturated carbocycles. The molecule has 0 saturated heterocycles. The van der Waals surface area contributed by atoms with Crippen LogP contribution in [0.25, 0.3) is 0 Å². The number of nitrogens with two attached hydrogens (primary N) is 3. The van der Waals surface area contributed by atoms with E-state index >= 15 is 0 Å². The molecule has 0 aliphatic carbocycles. The molecule has 3 heterocycles. The van der Waals surface area contributed by atoms with Crippen molar-refractivity contribution in [2.24, 2.45) is 0 Å². The number of allylic oxidation sites excluding steroid dienone is 6. The van der Waals surface area contributed by atoms with Gasteiger partial charge in [-0.1, -0.05) is 18.2 Å².